The quantitative estimate of drug-likeness (QED) is 0.756. The molecule has 0 fully saturated rings. The van der Waals surface area contributed by atoms with E-state index in [1.54, 1.807) is 10.8 Å². The van der Waals surface area contributed by atoms with E-state index in [0.717, 1.165) is 24.5 Å². The molecule has 2 heterocycles. The predicted octanol–water partition coefficient (Wildman–Crippen LogP) is 1.62. The second-order valence-electron chi connectivity index (χ2n) is 4.00. The van der Waals surface area contributed by atoms with Crippen molar-refractivity contribution >= 4 is 23.4 Å². The summed E-state index contributed by atoms with van der Waals surface area (Å²) in [5.41, 5.74) is 0.970. The van der Waals surface area contributed by atoms with Crippen LogP contribution < -0.4 is 4.90 Å². The SMILES string of the molecule is CSCCCN(C)c1cc(C)nc2ncnn12. The monoisotopic (exact) mass is 251 g/mol. The summed E-state index contributed by atoms with van der Waals surface area (Å²) in [5.74, 6) is 2.89. The molecule has 2 aromatic heterocycles. The van der Waals surface area contributed by atoms with E-state index in [-0.39, 0.29) is 0 Å². The molecule has 0 saturated heterocycles. The normalized spacial score (nSPS) is 11.0. The van der Waals surface area contributed by atoms with Crippen LogP contribution in [0.1, 0.15) is 12.1 Å². The molecule has 5 nitrogen and oxygen atoms in total. The van der Waals surface area contributed by atoms with Crippen molar-refractivity contribution in [1.82, 2.24) is 19.6 Å². The van der Waals surface area contributed by atoms with Crippen molar-refractivity contribution in [1.29, 1.82) is 0 Å². The van der Waals surface area contributed by atoms with Crippen molar-refractivity contribution < 1.29 is 0 Å². The Morgan fingerprint density at radius 1 is 1.47 bits per heavy atom. The number of hydrogen-bond donors (Lipinski definition) is 0. The maximum absolute atomic E-state index is 4.33. The first-order valence-corrected chi connectivity index (χ1v) is 6.99. The summed E-state index contributed by atoms with van der Waals surface area (Å²) in [7, 11) is 2.08. The summed E-state index contributed by atoms with van der Waals surface area (Å²) in [5, 5.41) is 4.21. The molecule has 6 heteroatoms. The van der Waals surface area contributed by atoms with Crippen LogP contribution in [0.15, 0.2) is 12.4 Å². The molecule has 0 aliphatic rings. The van der Waals surface area contributed by atoms with Crippen LogP contribution in [0.3, 0.4) is 0 Å². The molecule has 0 radical (unpaired) electrons. The summed E-state index contributed by atoms with van der Waals surface area (Å²) in [6, 6.07) is 2.04. The Hall–Kier alpha value is -1.30. The number of anilines is 1. The van der Waals surface area contributed by atoms with Crippen molar-refractivity contribution in [2.75, 3.05) is 30.5 Å². The van der Waals surface area contributed by atoms with Gasteiger partial charge in [-0.15, -0.1) is 0 Å². The first-order chi connectivity index (χ1) is 8.22. The minimum atomic E-state index is 0.664. The van der Waals surface area contributed by atoms with Crippen LogP contribution in [0.25, 0.3) is 5.78 Å². The van der Waals surface area contributed by atoms with Crippen molar-refractivity contribution in [3.05, 3.63) is 18.1 Å². The molecular formula is C11H17N5S. The van der Waals surface area contributed by atoms with Crippen molar-refractivity contribution in [3.8, 4) is 0 Å². The molecule has 0 spiro atoms. The van der Waals surface area contributed by atoms with Crippen LogP contribution in [0.5, 0.6) is 0 Å². The number of thioether (sulfide) groups is 1. The molecule has 92 valence electrons. The molecule has 0 aliphatic carbocycles. The molecule has 0 aromatic carbocycles. The maximum Gasteiger partial charge on any atom is 0.254 e. The first-order valence-electron chi connectivity index (χ1n) is 5.60. The lowest BCUT2D eigenvalue weighted by atomic mass is 10.4. The van der Waals surface area contributed by atoms with Gasteiger partial charge in [0.15, 0.2) is 0 Å². The Morgan fingerprint density at radius 3 is 3.06 bits per heavy atom. The second-order valence-corrected chi connectivity index (χ2v) is 4.98. The summed E-state index contributed by atoms with van der Waals surface area (Å²) in [6.45, 7) is 2.99. The summed E-state index contributed by atoms with van der Waals surface area (Å²) >= 11 is 1.87. The number of rotatable bonds is 5. The second kappa shape index (κ2) is 5.35. The molecule has 0 amide bonds. The standard InChI is InChI=1S/C11H17N5S/c1-9-7-10(15(2)5-4-6-17-3)16-11(14-9)12-8-13-16/h7-8H,4-6H2,1-3H3. The number of aryl methyl sites for hydroxylation is 1. The van der Waals surface area contributed by atoms with Crippen LogP contribution in [0.2, 0.25) is 0 Å². The lowest BCUT2D eigenvalue weighted by Crippen LogP contribution is -2.22. The zero-order chi connectivity index (χ0) is 12.3. The highest BCUT2D eigenvalue weighted by atomic mass is 32.2. The fourth-order valence-corrected chi connectivity index (χ4v) is 2.16. The number of fused-ring (bicyclic) bond motifs is 1. The zero-order valence-electron chi connectivity index (χ0n) is 10.4. The molecule has 2 aromatic rings. The molecule has 17 heavy (non-hydrogen) atoms. The van der Waals surface area contributed by atoms with Crippen LogP contribution >= 0.6 is 11.8 Å². The van der Waals surface area contributed by atoms with E-state index in [1.165, 1.54) is 5.75 Å². The average molecular weight is 251 g/mol. The first kappa shape index (κ1) is 12.2. The van der Waals surface area contributed by atoms with Gasteiger partial charge in [0.25, 0.3) is 5.78 Å². The van der Waals surface area contributed by atoms with Gasteiger partial charge in [0, 0.05) is 25.4 Å². The van der Waals surface area contributed by atoms with Gasteiger partial charge in [-0.2, -0.15) is 26.4 Å². The fraction of sp³-hybridized carbons (Fsp3) is 0.545. The summed E-state index contributed by atoms with van der Waals surface area (Å²) < 4.78 is 1.78. The highest BCUT2D eigenvalue weighted by Gasteiger charge is 2.09. The Labute approximate surface area is 105 Å². The fourth-order valence-electron chi connectivity index (χ4n) is 1.74. The van der Waals surface area contributed by atoms with Gasteiger partial charge in [-0.05, 0) is 25.4 Å². The molecule has 0 atom stereocenters. The van der Waals surface area contributed by atoms with E-state index in [9.17, 15) is 0 Å². The van der Waals surface area contributed by atoms with Crippen LogP contribution in [0.4, 0.5) is 5.82 Å². The molecule has 2 rings (SSSR count). The highest BCUT2D eigenvalue weighted by Crippen LogP contribution is 2.14. The zero-order valence-corrected chi connectivity index (χ0v) is 11.2. The van der Waals surface area contributed by atoms with Gasteiger partial charge in [-0.3, -0.25) is 0 Å². The highest BCUT2D eigenvalue weighted by molar-refractivity contribution is 7.98. The molecular weight excluding hydrogens is 234 g/mol. The molecule has 0 unspecified atom stereocenters. The molecule has 0 aliphatic heterocycles. The van der Waals surface area contributed by atoms with Gasteiger partial charge in [-0.1, -0.05) is 0 Å². The number of nitrogens with zero attached hydrogens (tertiary/aromatic N) is 5. The molecule has 0 saturated carbocycles. The van der Waals surface area contributed by atoms with E-state index in [2.05, 4.69) is 33.3 Å². The van der Waals surface area contributed by atoms with Gasteiger partial charge in [0.05, 0.1) is 0 Å². The summed E-state index contributed by atoms with van der Waals surface area (Å²) in [4.78, 5) is 10.7. The van der Waals surface area contributed by atoms with Crippen LogP contribution in [0, 0.1) is 6.92 Å². The third-order valence-electron chi connectivity index (χ3n) is 2.59. The lowest BCUT2D eigenvalue weighted by molar-refractivity contribution is 0.802. The number of aromatic nitrogens is 4. The van der Waals surface area contributed by atoms with Crippen LogP contribution in [-0.2, 0) is 0 Å². The van der Waals surface area contributed by atoms with E-state index in [0.29, 0.717) is 5.78 Å². The smallest absolute Gasteiger partial charge is 0.254 e. The Kier molecular flexibility index (Phi) is 3.83. The van der Waals surface area contributed by atoms with Gasteiger partial charge < -0.3 is 4.90 Å². The van der Waals surface area contributed by atoms with E-state index >= 15 is 0 Å². The third kappa shape index (κ3) is 2.69. The topological polar surface area (TPSA) is 46.3 Å². The third-order valence-corrected chi connectivity index (χ3v) is 3.29. The number of hydrogen-bond acceptors (Lipinski definition) is 5. The Bertz CT molecular complexity index is 496. The molecule has 0 bridgehead atoms. The Balaban J connectivity index is 2.24. The van der Waals surface area contributed by atoms with E-state index < -0.39 is 0 Å². The largest absolute Gasteiger partial charge is 0.359 e. The average Bonchev–Trinajstić information content (AvgIpc) is 2.75. The van der Waals surface area contributed by atoms with Crippen molar-refractivity contribution in [2.45, 2.75) is 13.3 Å². The van der Waals surface area contributed by atoms with Gasteiger partial charge in [0.1, 0.15) is 12.1 Å². The van der Waals surface area contributed by atoms with E-state index in [1.807, 2.05) is 24.8 Å². The Morgan fingerprint density at radius 2 is 2.29 bits per heavy atom. The molecule has 0 N–H and O–H groups in total. The predicted molar refractivity (Wildman–Crippen MR) is 71.8 cm³/mol. The minimum Gasteiger partial charge on any atom is -0.359 e. The maximum atomic E-state index is 4.33. The van der Waals surface area contributed by atoms with Crippen molar-refractivity contribution in [3.63, 3.8) is 0 Å². The van der Waals surface area contributed by atoms with E-state index in [4.69, 9.17) is 0 Å². The summed E-state index contributed by atoms with van der Waals surface area (Å²) in [6.07, 6.45) is 4.84. The van der Waals surface area contributed by atoms with Gasteiger partial charge in [-0.25, -0.2) is 4.98 Å². The van der Waals surface area contributed by atoms with Gasteiger partial charge >= 0.3 is 0 Å². The van der Waals surface area contributed by atoms with Gasteiger partial charge in [0.2, 0.25) is 0 Å². The minimum absolute atomic E-state index is 0.664. The lowest BCUT2D eigenvalue weighted by Gasteiger charge is -2.19. The van der Waals surface area contributed by atoms with Crippen LogP contribution in [-0.4, -0.2) is 45.2 Å². The van der Waals surface area contributed by atoms with Crippen molar-refractivity contribution in [2.24, 2.45) is 0 Å².